The first-order valence-corrected chi connectivity index (χ1v) is 4.50. The first-order valence-electron chi connectivity index (χ1n) is 4.50. The van der Waals surface area contributed by atoms with Gasteiger partial charge in [0.2, 0.25) is 0 Å². The molecule has 0 aliphatic heterocycles. The van der Waals surface area contributed by atoms with Crippen molar-refractivity contribution in [3.05, 3.63) is 24.2 Å². The highest BCUT2D eigenvalue weighted by molar-refractivity contribution is 6.39. The Morgan fingerprint density at radius 2 is 2.29 bits per heavy atom. The van der Waals surface area contributed by atoms with E-state index in [0.717, 1.165) is 12.8 Å². The lowest BCUT2D eigenvalue weighted by Gasteiger charge is -2.00. The van der Waals surface area contributed by atoms with E-state index in [2.05, 4.69) is 0 Å². The molecule has 0 unspecified atom stereocenters. The second-order valence-corrected chi connectivity index (χ2v) is 2.80. The summed E-state index contributed by atoms with van der Waals surface area (Å²) in [5.74, 6) is -1.56. The van der Waals surface area contributed by atoms with Gasteiger partial charge in [0, 0.05) is 0 Å². The average molecular weight is 196 g/mol. The zero-order chi connectivity index (χ0) is 10.4. The van der Waals surface area contributed by atoms with Crippen molar-refractivity contribution in [2.75, 3.05) is 6.61 Å². The van der Waals surface area contributed by atoms with Crippen LogP contribution in [0.5, 0.6) is 0 Å². The van der Waals surface area contributed by atoms with Gasteiger partial charge in [-0.05, 0) is 18.6 Å². The number of ether oxygens (including phenoxy) is 1. The Kier molecular flexibility index (Phi) is 3.91. The van der Waals surface area contributed by atoms with Crippen LogP contribution in [0.25, 0.3) is 0 Å². The fraction of sp³-hybridized carbons (Fsp3) is 0.400. The SMILES string of the molecule is CCCCOC(=O)C(=O)c1ccco1. The van der Waals surface area contributed by atoms with Gasteiger partial charge >= 0.3 is 11.8 Å². The van der Waals surface area contributed by atoms with E-state index in [9.17, 15) is 9.59 Å². The molecule has 14 heavy (non-hydrogen) atoms. The highest BCUT2D eigenvalue weighted by Crippen LogP contribution is 2.02. The molecule has 76 valence electrons. The van der Waals surface area contributed by atoms with Crippen LogP contribution in [0.2, 0.25) is 0 Å². The molecule has 0 aliphatic rings. The third-order valence-electron chi connectivity index (χ3n) is 1.66. The van der Waals surface area contributed by atoms with Crippen molar-refractivity contribution in [2.24, 2.45) is 0 Å². The first kappa shape index (κ1) is 10.5. The number of esters is 1. The Bertz CT molecular complexity index is 300. The summed E-state index contributed by atoms with van der Waals surface area (Å²) in [6.07, 6.45) is 3.02. The maximum Gasteiger partial charge on any atom is 0.383 e. The lowest BCUT2D eigenvalue weighted by atomic mass is 10.3. The minimum Gasteiger partial charge on any atom is -0.461 e. The van der Waals surface area contributed by atoms with E-state index in [4.69, 9.17) is 9.15 Å². The molecule has 4 heteroatoms. The third-order valence-corrected chi connectivity index (χ3v) is 1.66. The van der Waals surface area contributed by atoms with Crippen LogP contribution < -0.4 is 0 Å². The number of hydrogen-bond donors (Lipinski definition) is 0. The second-order valence-electron chi connectivity index (χ2n) is 2.80. The highest BCUT2D eigenvalue weighted by atomic mass is 16.5. The molecule has 0 amide bonds. The Hall–Kier alpha value is -1.58. The van der Waals surface area contributed by atoms with Crippen LogP contribution in [0.1, 0.15) is 30.3 Å². The van der Waals surface area contributed by atoms with E-state index in [1.54, 1.807) is 6.07 Å². The Morgan fingerprint density at radius 1 is 1.50 bits per heavy atom. The Morgan fingerprint density at radius 3 is 2.86 bits per heavy atom. The Balaban J connectivity index is 2.42. The van der Waals surface area contributed by atoms with E-state index >= 15 is 0 Å². The largest absolute Gasteiger partial charge is 0.461 e. The molecule has 0 aromatic carbocycles. The zero-order valence-electron chi connectivity index (χ0n) is 7.99. The van der Waals surface area contributed by atoms with E-state index in [-0.39, 0.29) is 12.4 Å². The quantitative estimate of drug-likeness (QED) is 0.312. The van der Waals surface area contributed by atoms with Crippen molar-refractivity contribution in [2.45, 2.75) is 19.8 Å². The van der Waals surface area contributed by atoms with Gasteiger partial charge in [-0.3, -0.25) is 4.79 Å². The second kappa shape index (κ2) is 5.21. The molecule has 1 heterocycles. The molecule has 0 radical (unpaired) electrons. The van der Waals surface area contributed by atoms with Gasteiger partial charge in [0.25, 0.3) is 0 Å². The van der Waals surface area contributed by atoms with Crippen LogP contribution in [0.4, 0.5) is 0 Å². The normalized spacial score (nSPS) is 9.79. The molecule has 0 N–H and O–H groups in total. The van der Waals surface area contributed by atoms with Crippen LogP contribution >= 0.6 is 0 Å². The van der Waals surface area contributed by atoms with Crippen LogP contribution in [0.15, 0.2) is 22.8 Å². The van der Waals surface area contributed by atoms with Crippen LogP contribution in [-0.2, 0) is 9.53 Å². The zero-order valence-corrected chi connectivity index (χ0v) is 7.99. The van der Waals surface area contributed by atoms with Gasteiger partial charge in [-0.15, -0.1) is 0 Å². The van der Waals surface area contributed by atoms with Crippen molar-refractivity contribution in [1.29, 1.82) is 0 Å². The summed E-state index contributed by atoms with van der Waals surface area (Å²) < 4.78 is 9.49. The molecule has 0 saturated heterocycles. The lowest BCUT2D eigenvalue weighted by Crippen LogP contribution is -2.17. The molecule has 4 nitrogen and oxygen atoms in total. The van der Waals surface area contributed by atoms with Crippen LogP contribution in [0, 0.1) is 0 Å². The number of Topliss-reactive ketones (excluding diaryl/α,β-unsaturated/α-hetero) is 1. The van der Waals surface area contributed by atoms with E-state index in [1.165, 1.54) is 12.3 Å². The highest BCUT2D eigenvalue weighted by Gasteiger charge is 2.19. The van der Waals surface area contributed by atoms with Crippen molar-refractivity contribution in [1.82, 2.24) is 0 Å². The van der Waals surface area contributed by atoms with Crippen molar-refractivity contribution in [3.8, 4) is 0 Å². The monoisotopic (exact) mass is 196 g/mol. The van der Waals surface area contributed by atoms with Crippen LogP contribution in [0.3, 0.4) is 0 Å². The van der Waals surface area contributed by atoms with Gasteiger partial charge in [0.15, 0.2) is 5.76 Å². The van der Waals surface area contributed by atoms with Crippen molar-refractivity contribution >= 4 is 11.8 Å². The molecular formula is C10H12O4. The standard InChI is InChI=1S/C10H12O4/c1-2-3-6-14-10(12)9(11)8-5-4-7-13-8/h4-5,7H,2-3,6H2,1H3. The summed E-state index contributed by atoms with van der Waals surface area (Å²) in [5, 5.41) is 0. The summed E-state index contributed by atoms with van der Waals surface area (Å²) in [7, 11) is 0. The number of hydrogen-bond acceptors (Lipinski definition) is 4. The minimum absolute atomic E-state index is 0.0199. The van der Waals surface area contributed by atoms with Gasteiger partial charge in [-0.25, -0.2) is 4.79 Å². The van der Waals surface area contributed by atoms with Gasteiger partial charge in [-0.1, -0.05) is 13.3 Å². The number of carbonyl (C=O) groups excluding carboxylic acids is 2. The summed E-state index contributed by atoms with van der Waals surface area (Å²) in [5.41, 5.74) is 0. The predicted molar refractivity (Wildman–Crippen MR) is 48.9 cm³/mol. The Labute approximate surface area is 81.9 Å². The average Bonchev–Trinajstić information content (AvgIpc) is 2.69. The molecular weight excluding hydrogens is 184 g/mol. The van der Waals surface area contributed by atoms with Crippen molar-refractivity contribution in [3.63, 3.8) is 0 Å². The number of rotatable bonds is 5. The molecule has 0 spiro atoms. The number of unbranched alkanes of at least 4 members (excludes halogenated alkanes) is 1. The molecule has 1 rings (SSSR count). The van der Waals surface area contributed by atoms with Gasteiger partial charge < -0.3 is 9.15 Å². The topological polar surface area (TPSA) is 56.5 Å². The van der Waals surface area contributed by atoms with Crippen molar-refractivity contribution < 1.29 is 18.7 Å². The maximum atomic E-state index is 11.2. The molecule has 0 aliphatic carbocycles. The number of ketones is 1. The molecule has 0 atom stereocenters. The van der Waals surface area contributed by atoms with Gasteiger partial charge in [0.1, 0.15) is 0 Å². The molecule has 0 bridgehead atoms. The molecule has 1 aromatic rings. The minimum atomic E-state index is -0.853. The summed E-state index contributed by atoms with van der Waals surface area (Å²) >= 11 is 0. The lowest BCUT2D eigenvalue weighted by molar-refractivity contribution is -0.138. The van der Waals surface area contributed by atoms with Gasteiger partial charge in [0.05, 0.1) is 12.9 Å². The molecule has 1 aromatic heterocycles. The van der Waals surface area contributed by atoms with E-state index in [1.807, 2.05) is 6.92 Å². The molecule has 0 fully saturated rings. The molecule has 0 saturated carbocycles. The van der Waals surface area contributed by atoms with E-state index < -0.39 is 11.8 Å². The first-order chi connectivity index (χ1) is 6.75. The van der Waals surface area contributed by atoms with Crippen LogP contribution in [-0.4, -0.2) is 18.4 Å². The maximum absolute atomic E-state index is 11.2. The fourth-order valence-corrected chi connectivity index (χ4v) is 0.883. The predicted octanol–water partition coefficient (Wildman–Crippen LogP) is 1.81. The fourth-order valence-electron chi connectivity index (χ4n) is 0.883. The smallest absolute Gasteiger partial charge is 0.383 e. The third kappa shape index (κ3) is 2.73. The number of furan rings is 1. The van der Waals surface area contributed by atoms with Gasteiger partial charge in [-0.2, -0.15) is 0 Å². The summed E-state index contributed by atoms with van der Waals surface area (Å²) in [6, 6.07) is 2.98. The number of carbonyl (C=O) groups is 2. The van der Waals surface area contributed by atoms with E-state index in [0.29, 0.717) is 0 Å². The summed E-state index contributed by atoms with van der Waals surface area (Å²) in [6.45, 7) is 2.25. The summed E-state index contributed by atoms with van der Waals surface area (Å²) in [4.78, 5) is 22.3.